The molecule has 0 fully saturated rings. The van der Waals surface area contributed by atoms with Crippen molar-refractivity contribution in [2.24, 2.45) is 0 Å². The first-order valence-corrected chi connectivity index (χ1v) is 9.14. The topological polar surface area (TPSA) is 55.0 Å². The number of thiol groups is 1. The second kappa shape index (κ2) is 9.82. The summed E-state index contributed by atoms with van der Waals surface area (Å²) < 4.78 is 5.78. The molecule has 1 N–H and O–H groups in total. The molecule has 3 rings (SSSR count). The highest BCUT2D eigenvalue weighted by molar-refractivity contribution is 7.80. The molecule has 0 radical (unpaired) electrons. The maximum Gasteiger partial charge on any atom is 0.267 e. The summed E-state index contributed by atoms with van der Waals surface area (Å²) in [5, 5.41) is 6.54. The second-order valence-electron chi connectivity index (χ2n) is 5.75. The molecule has 0 bridgehead atoms. The van der Waals surface area contributed by atoms with Crippen LogP contribution in [0.25, 0.3) is 11.1 Å². The molecule has 2 aromatic carbocycles. The van der Waals surface area contributed by atoms with E-state index in [-0.39, 0.29) is 5.56 Å². The molecule has 1 heterocycles. The van der Waals surface area contributed by atoms with Gasteiger partial charge in [-0.25, -0.2) is 5.10 Å². The van der Waals surface area contributed by atoms with E-state index >= 15 is 0 Å². The fourth-order valence-corrected chi connectivity index (χ4v) is 2.54. The van der Waals surface area contributed by atoms with Crippen LogP contribution in [0.5, 0.6) is 5.75 Å². The molecule has 3 aromatic rings. The van der Waals surface area contributed by atoms with E-state index in [0.717, 1.165) is 33.9 Å². The average molecular weight is 369 g/mol. The summed E-state index contributed by atoms with van der Waals surface area (Å²) in [5.74, 6) is 1.74. The van der Waals surface area contributed by atoms with Crippen molar-refractivity contribution in [3.8, 4) is 16.9 Å². The fraction of sp³-hybridized carbons (Fsp3) is 0.238. The molecule has 4 nitrogen and oxygen atoms in total. The summed E-state index contributed by atoms with van der Waals surface area (Å²) in [6.45, 7) is 6.22. The Balaban J connectivity index is 0.000000758. The van der Waals surface area contributed by atoms with Gasteiger partial charge < -0.3 is 4.74 Å². The summed E-state index contributed by atoms with van der Waals surface area (Å²) in [5.41, 5.74) is 4.29. The lowest BCUT2D eigenvalue weighted by Crippen LogP contribution is -2.14. The number of ether oxygens (including phenoxy) is 1. The first kappa shape index (κ1) is 19.8. The Kier molecular flexibility index (Phi) is 7.48. The SMILES string of the molecule is CCS.Cc1n[nH]c(=O)c(C)c1-c1ccc(OCc2ccccc2)cc1. The molecular weight excluding hydrogens is 344 g/mol. The van der Waals surface area contributed by atoms with Crippen LogP contribution in [-0.2, 0) is 6.61 Å². The van der Waals surface area contributed by atoms with Crippen LogP contribution < -0.4 is 10.3 Å². The monoisotopic (exact) mass is 368 g/mol. The number of hydrogen-bond acceptors (Lipinski definition) is 4. The number of aromatic amines is 1. The van der Waals surface area contributed by atoms with E-state index in [2.05, 4.69) is 22.8 Å². The van der Waals surface area contributed by atoms with E-state index in [9.17, 15) is 4.79 Å². The zero-order valence-electron chi connectivity index (χ0n) is 15.3. The van der Waals surface area contributed by atoms with Crippen molar-refractivity contribution in [2.75, 3.05) is 5.75 Å². The highest BCUT2D eigenvalue weighted by atomic mass is 32.1. The van der Waals surface area contributed by atoms with Crippen LogP contribution >= 0.6 is 12.6 Å². The van der Waals surface area contributed by atoms with Crippen molar-refractivity contribution in [1.82, 2.24) is 10.2 Å². The minimum Gasteiger partial charge on any atom is -0.489 e. The molecule has 1 aromatic heterocycles. The van der Waals surface area contributed by atoms with Gasteiger partial charge in [0.2, 0.25) is 0 Å². The molecule has 0 atom stereocenters. The zero-order chi connectivity index (χ0) is 18.9. The molecule has 0 aliphatic heterocycles. The molecule has 0 saturated heterocycles. The van der Waals surface area contributed by atoms with E-state index in [0.29, 0.717) is 12.2 Å². The third kappa shape index (κ3) is 5.23. The third-order valence-electron chi connectivity index (χ3n) is 3.79. The molecule has 0 aliphatic rings. The van der Waals surface area contributed by atoms with Gasteiger partial charge in [0.15, 0.2) is 0 Å². The normalized spacial score (nSPS) is 10.0. The summed E-state index contributed by atoms with van der Waals surface area (Å²) in [7, 11) is 0. The number of aromatic nitrogens is 2. The van der Waals surface area contributed by atoms with Gasteiger partial charge in [-0.05, 0) is 42.9 Å². The maximum absolute atomic E-state index is 11.7. The van der Waals surface area contributed by atoms with Crippen LogP contribution in [0.1, 0.15) is 23.7 Å². The highest BCUT2D eigenvalue weighted by Crippen LogP contribution is 2.26. The van der Waals surface area contributed by atoms with Crippen molar-refractivity contribution in [3.05, 3.63) is 81.8 Å². The summed E-state index contributed by atoms with van der Waals surface area (Å²) >= 11 is 3.79. The van der Waals surface area contributed by atoms with Crippen LogP contribution in [0, 0.1) is 13.8 Å². The second-order valence-corrected chi connectivity index (χ2v) is 6.39. The van der Waals surface area contributed by atoms with Gasteiger partial charge in [-0.15, -0.1) is 0 Å². The van der Waals surface area contributed by atoms with Gasteiger partial charge in [0.1, 0.15) is 12.4 Å². The van der Waals surface area contributed by atoms with Crippen molar-refractivity contribution in [1.29, 1.82) is 0 Å². The van der Waals surface area contributed by atoms with E-state index in [1.807, 2.05) is 75.4 Å². The number of nitrogens with zero attached hydrogens (tertiary/aromatic N) is 1. The van der Waals surface area contributed by atoms with Crippen LogP contribution in [0.4, 0.5) is 0 Å². The van der Waals surface area contributed by atoms with Crippen LogP contribution in [0.15, 0.2) is 59.4 Å². The van der Waals surface area contributed by atoms with Crippen LogP contribution in [-0.4, -0.2) is 16.0 Å². The van der Waals surface area contributed by atoms with E-state index < -0.39 is 0 Å². The summed E-state index contributed by atoms with van der Waals surface area (Å²) in [6, 6.07) is 17.8. The minimum absolute atomic E-state index is 0.157. The number of H-pyrrole nitrogens is 1. The number of benzene rings is 2. The number of aryl methyl sites for hydroxylation is 1. The average Bonchev–Trinajstić information content (AvgIpc) is 2.66. The largest absolute Gasteiger partial charge is 0.489 e. The van der Waals surface area contributed by atoms with Gasteiger partial charge >= 0.3 is 0 Å². The maximum atomic E-state index is 11.7. The molecule has 0 spiro atoms. The van der Waals surface area contributed by atoms with E-state index in [1.165, 1.54) is 0 Å². The quantitative estimate of drug-likeness (QED) is 0.663. The third-order valence-corrected chi connectivity index (χ3v) is 3.79. The number of rotatable bonds is 4. The lowest BCUT2D eigenvalue weighted by Gasteiger charge is -2.10. The smallest absolute Gasteiger partial charge is 0.267 e. The minimum atomic E-state index is -0.157. The first-order chi connectivity index (χ1) is 12.6. The van der Waals surface area contributed by atoms with Crippen LogP contribution in [0.2, 0.25) is 0 Å². The van der Waals surface area contributed by atoms with Gasteiger partial charge in [0, 0.05) is 11.1 Å². The summed E-state index contributed by atoms with van der Waals surface area (Å²) in [4.78, 5) is 11.7. The zero-order valence-corrected chi connectivity index (χ0v) is 16.2. The van der Waals surface area contributed by atoms with Gasteiger partial charge in [-0.2, -0.15) is 17.7 Å². The Morgan fingerprint density at radius 1 is 1.04 bits per heavy atom. The Bertz CT molecular complexity index is 875. The summed E-state index contributed by atoms with van der Waals surface area (Å²) in [6.07, 6.45) is 0. The van der Waals surface area contributed by atoms with Crippen molar-refractivity contribution >= 4 is 12.6 Å². The number of hydrogen-bond donors (Lipinski definition) is 2. The fourth-order valence-electron chi connectivity index (χ4n) is 2.54. The van der Waals surface area contributed by atoms with E-state index in [1.54, 1.807) is 0 Å². The molecular formula is C21H24N2O2S. The lowest BCUT2D eigenvalue weighted by molar-refractivity contribution is 0.306. The Hall–Kier alpha value is -2.53. The molecule has 0 aliphatic carbocycles. The molecule has 5 heteroatoms. The molecule has 0 unspecified atom stereocenters. The predicted molar refractivity (Wildman–Crippen MR) is 110 cm³/mol. The van der Waals surface area contributed by atoms with E-state index in [4.69, 9.17) is 4.74 Å². The van der Waals surface area contributed by atoms with Crippen LogP contribution in [0.3, 0.4) is 0 Å². The van der Waals surface area contributed by atoms with Gasteiger partial charge in [-0.1, -0.05) is 49.4 Å². The Labute approximate surface area is 159 Å². The van der Waals surface area contributed by atoms with Crippen molar-refractivity contribution < 1.29 is 4.74 Å². The van der Waals surface area contributed by atoms with Crippen molar-refractivity contribution in [3.63, 3.8) is 0 Å². The predicted octanol–water partition coefficient (Wildman–Crippen LogP) is 4.57. The lowest BCUT2D eigenvalue weighted by atomic mass is 10.0. The Morgan fingerprint density at radius 2 is 1.65 bits per heavy atom. The standard InChI is InChI=1S/C19H18N2O2.C2H6S/c1-13-18(14(2)20-21-19(13)22)16-8-10-17(11-9-16)23-12-15-6-4-3-5-7-15;1-2-3/h3-11H,12H2,1-2H3,(H,21,22);3H,2H2,1H3. The van der Waals surface area contributed by atoms with Gasteiger partial charge in [-0.3, -0.25) is 4.79 Å². The van der Waals surface area contributed by atoms with Crippen molar-refractivity contribution in [2.45, 2.75) is 27.4 Å². The molecule has 26 heavy (non-hydrogen) atoms. The number of nitrogens with one attached hydrogen (secondary N) is 1. The Morgan fingerprint density at radius 3 is 2.27 bits per heavy atom. The van der Waals surface area contributed by atoms with Gasteiger partial charge in [0.05, 0.1) is 5.69 Å². The molecule has 136 valence electrons. The molecule has 0 saturated carbocycles. The highest BCUT2D eigenvalue weighted by Gasteiger charge is 2.10. The van der Waals surface area contributed by atoms with Gasteiger partial charge in [0.25, 0.3) is 5.56 Å². The first-order valence-electron chi connectivity index (χ1n) is 8.50. The molecule has 0 amide bonds.